The number of aromatic hydroxyl groups is 1. The molecule has 0 bridgehead atoms. The number of hydrogen-bond donors (Lipinski definition) is 2. The van der Waals surface area contributed by atoms with Gasteiger partial charge in [0.2, 0.25) is 0 Å². The number of hydrogen-bond acceptors (Lipinski definition) is 5. The average molecular weight is 297 g/mol. The van der Waals surface area contributed by atoms with Gasteiger partial charge in [0.15, 0.2) is 0 Å². The third-order valence-electron chi connectivity index (χ3n) is 3.91. The zero-order valence-electron chi connectivity index (χ0n) is 11.7. The van der Waals surface area contributed by atoms with E-state index in [2.05, 4.69) is 15.3 Å². The summed E-state index contributed by atoms with van der Waals surface area (Å²) in [7, 11) is 0. The van der Waals surface area contributed by atoms with Gasteiger partial charge in [0.1, 0.15) is 22.7 Å². The standard InChI is InChI=1S/C16H15N3OS/c1-9-5-6-12(20)11(7-9)19-15-14-10-3-2-4-13(10)21-16(14)18-8-17-15/h5-8,20H,2-4H2,1H3,(H,17,18,19). The van der Waals surface area contributed by atoms with Crippen LogP contribution in [0.4, 0.5) is 11.5 Å². The highest BCUT2D eigenvalue weighted by atomic mass is 32.1. The van der Waals surface area contributed by atoms with Crippen LogP contribution in [-0.4, -0.2) is 15.1 Å². The number of fused-ring (bicyclic) bond motifs is 3. The summed E-state index contributed by atoms with van der Waals surface area (Å²) >= 11 is 1.76. The largest absolute Gasteiger partial charge is 0.506 e. The predicted molar refractivity (Wildman–Crippen MR) is 85.6 cm³/mol. The summed E-state index contributed by atoms with van der Waals surface area (Å²) in [6, 6.07) is 5.52. The van der Waals surface area contributed by atoms with Crippen LogP contribution in [0.1, 0.15) is 22.4 Å². The second-order valence-corrected chi connectivity index (χ2v) is 6.49. The van der Waals surface area contributed by atoms with Gasteiger partial charge in [-0.3, -0.25) is 0 Å². The lowest BCUT2D eigenvalue weighted by molar-refractivity contribution is 0.477. The Morgan fingerprint density at radius 2 is 2.14 bits per heavy atom. The fraction of sp³-hybridized carbons (Fsp3) is 0.250. The highest BCUT2D eigenvalue weighted by molar-refractivity contribution is 7.19. The highest BCUT2D eigenvalue weighted by Crippen LogP contribution is 2.40. The van der Waals surface area contributed by atoms with Gasteiger partial charge in [-0.2, -0.15) is 0 Å². The molecule has 0 saturated carbocycles. The Labute approximate surface area is 126 Å². The number of aryl methyl sites for hydroxylation is 3. The van der Waals surface area contributed by atoms with E-state index in [1.54, 1.807) is 23.7 Å². The van der Waals surface area contributed by atoms with E-state index in [-0.39, 0.29) is 5.75 Å². The van der Waals surface area contributed by atoms with Crippen LogP contribution in [0.2, 0.25) is 0 Å². The first kappa shape index (κ1) is 12.6. The molecule has 106 valence electrons. The number of benzene rings is 1. The molecule has 0 spiro atoms. The van der Waals surface area contributed by atoms with E-state index in [4.69, 9.17) is 0 Å². The van der Waals surface area contributed by atoms with Crippen LogP contribution < -0.4 is 5.32 Å². The average Bonchev–Trinajstić information content (AvgIpc) is 3.03. The maximum atomic E-state index is 10.0. The predicted octanol–water partition coefficient (Wildman–Crippen LogP) is 3.94. The van der Waals surface area contributed by atoms with Crippen molar-refractivity contribution in [3.63, 3.8) is 0 Å². The van der Waals surface area contributed by atoms with E-state index >= 15 is 0 Å². The zero-order chi connectivity index (χ0) is 14.4. The molecule has 4 nitrogen and oxygen atoms in total. The number of nitrogens with zero attached hydrogens (tertiary/aromatic N) is 2. The van der Waals surface area contributed by atoms with Crippen LogP contribution in [0, 0.1) is 6.92 Å². The fourth-order valence-corrected chi connectivity index (χ4v) is 4.13. The van der Waals surface area contributed by atoms with Crippen LogP contribution in [0.3, 0.4) is 0 Å². The molecule has 0 radical (unpaired) electrons. The lowest BCUT2D eigenvalue weighted by atomic mass is 10.1. The number of anilines is 2. The summed E-state index contributed by atoms with van der Waals surface area (Å²) < 4.78 is 0. The first-order valence-electron chi connectivity index (χ1n) is 7.04. The van der Waals surface area contributed by atoms with Crippen molar-refractivity contribution in [1.82, 2.24) is 9.97 Å². The van der Waals surface area contributed by atoms with E-state index in [1.165, 1.54) is 16.9 Å². The second-order valence-electron chi connectivity index (χ2n) is 5.41. The fourth-order valence-electron chi connectivity index (χ4n) is 2.90. The Balaban J connectivity index is 1.85. The topological polar surface area (TPSA) is 58.0 Å². The molecule has 2 aromatic heterocycles. The van der Waals surface area contributed by atoms with Gasteiger partial charge in [-0.1, -0.05) is 6.07 Å². The maximum Gasteiger partial charge on any atom is 0.142 e. The molecule has 1 aliphatic rings. The summed E-state index contributed by atoms with van der Waals surface area (Å²) in [6.45, 7) is 2.00. The van der Waals surface area contributed by atoms with Crippen molar-refractivity contribution >= 4 is 33.1 Å². The summed E-state index contributed by atoms with van der Waals surface area (Å²) in [5, 5.41) is 14.4. The van der Waals surface area contributed by atoms with Crippen molar-refractivity contribution in [2.75, 3.05) is 5.32 Å². The zero-order valence-corrected chi connectivity index (χ0v) is 12.5. The third kappa shape index (κ3) is 2.05. The van der Waals surface area contributed by atoms with Crippen molar-refractivity contribution in [2.24, 2.45) is 0 Å². The lowest BCUT2D eigenvalue weighted by Gasteiger charge is -2.10. The van der Waals surface area contributed by atoms with Gasteiger partial charge in [-0.05, 0) is 49.4 Å². The van der Waals surface area contributed by atoms with Crippen LogP contribution in [0.5, 0.6) is 5.75 Å². The summed E-state index contributed by atoms with van der Waals surface area (Å²) in [6.07, 6.45) is 5.03. The molecule has 4 rings (SSSR count). The number of thiophene rings is 1. The normalized spacial score (nSPS) is 13.6. The quantitative estimate of drug-likeness (QED) is 0.703. The van der Waals surface area contributed by atoms with Crippen molar-refractivity contribution in [1.29, 1.82) is 0 Å². The molecule has 1 aromatic carbocycles. The molecule has 1 aliphatic carbocycles. The van der Waals surface area contributed by atoms with Crippen LogP contribution in [0.15, 0.2) is 24.5 Å². The van der Waals surface area contributed by atoms with Gasteiger partial charge in [0.25, 0.3) is 0 Å². The Bertz CT molecular complexity index is 841. The van der Waals surface area contributed by atoms with Gasteiger partial charge in [0, 0.05) is 4.88 Å². The molecule has 0 saturated heterocycles. The minimum absolute atomic E-state index is 0.235. The molecular formula is C16H15N3OS. The molecule has 5 heteroatoms. The van der Waals surface area contributed by atoms with Crippen molar-refractivity contribution in [3.05, 3.63) is 40.5 Å². The Kier molecular flexibility index (Phi) is 2.82. The first-order chi connectivity index (χ1) is 10.2. The molecule has 0 aliphatic heterocycles. The maximum absolute atomic E-state index is 10.0. The molecule has 2 N–H and O–H groups in total. The third-order valence-corrected chi connectivity index (χ3v) is 5.11. The Morgan fingerprint density at radius 3 is 3.05 bits per heavy atom. The molecule has 2 heterocycles. The van der Waals surface area contributed by atoms with Crippen molar-refractivity contribution in [2.45, 2.75) is 26.2 Å². The molecule has 0 amide bonds. The number of rotatable bonds is 2. The van der Waals surface area contributed by atoms with Crippen LogP contribution in [0.25, 0.3) is 10.2 Å². The van der Waals surface area contributed by atoms with E-state index in [9.17, 15) is 5.11 Å². The van der Waals surface area contributed by atoms with E-state index in [0.29, 0.717) is 5.69 Å². The Morgan fingerprint density at radius 1 is 1.24 bits per heavy atom. The van der Waals surface area contributed by atoms with Gasteiger partial charge >= 0.3 is 0 Å². The van der Waals surface area contributed by atoms with Crippen LogP contribution >= 0.6 is 11.3 Å². The summed E-state index contributed by atoms with van der Waals surface area (Å²) in [4.78, 5) is 11.3. The van der Waals surface area contributed by atoms with Crippen molar-refractivity contribution in [3.8, 4) is 5.75 Å². The molecule has 0 fully saturated rings. The number of nitrogens with one attached hydrogen (secondary N) is 1. The van der Waals surface area contributed by atoms with Crippen LogP contribution in [-0.2, 0) is 12.8 Å². The second kappa shape index (κ2) is 4.70. The van der Waals surface area contributed by atoms with Gasteiger partial charge in [0.05, 0.1) is 11.1 Å². The molecule has 3 aromatic rings. The van der Waals surface area contributed by atoms with Gasteiger partial charge in [-0.15, -0.1) is 11.3 Å². The molecule has 0 unspecified atom stereocenters. The van der Waals surface area contributed by atoms with Gasteiger partial charge < -0.3 is 10.4 Å². The number of phenols is 1. The molecule has 21 heavy (non-hydrogen) atoms. The number of phenolic OH excluding ortho intramolecular Hbond substituents is 1. The minimum Gasteiger partial charge on any atom is -0.506 e. The minimum atomic E-state index is 0.235. The summed E-state index contributed by atoms with van der Waals surface area (Å²) in [5.41, 5.74) is 3.16. The molecular weight excluding hydrogens is 282 g/mol. The Hall–Kier alpha value is -2.14. The SMILES string of the molecule is Cc1ccc(O)c(Nc2ncnc3sc4c(c23)CCC4)c1. The monoisotopic (exact) mass is 297 g/mol. The van der Waals surface area contributed by atoms with E-state index in [0.717, 1.165) is 34.4 Å². The summed E-state index contributed by atoms with van der Waals surface area (Å²) in [5.74, 6) is 1.03. The molecule has 0 atom stereocenters. The smallest absolute Gasteiger partial charge is 0.142 e. The van der Waals surface area contributed by atoms with Gasteiger partial charge in [-0.25, -0.2) is 9.97 Å². The first-order valence-corrected chi connectivity index (χ1v) is 7.86. The van der Waals surface area contributed by atoms with E-state index in [1.807, 2.05) is 19.1 Å². The highest BCUT2D eigenvalue weighted by Gasteiger charge is 2.21. The van der Waals surface area contributed by atoms with E-state index < -0.39 is 0 Å². The van der Waals surface area contributed by atoms with Crippen molar-refractivity contribution < 1.29 is 5.11 Å². The lowest BCUT2D eigenvalue weighted by Crippen LogP contribution is -1.97. The number of aromatic nitrogens is 2.